The number of hydrogen-bond acceptors (Lipinski definition) is 6. The van der Waals surface area contributed by atoms with Crippen molar-refractivity contribution < 1.29 is 28.2 Å². The maximum Gasteiger partial charge on any atom is 0.302 e. The number of H-pyrrole nitrogens is 1. The van der Waals surface area contributed by atoms with Gasteiger partial charge in [0.05, 0.1) is 29.5 Å². The fraction of sp³-hybridized carbons (Fsp3) is 0.192. The van der Waals surface area contributed by atoms with Crippen molar-refractivity contribution in [2.45, 2.75) is 26.3 Å². The molecule has 1 saturated heterocycles. The Labute approximate surface area is 199 Å². The van der Waals surface area contributed by atoms with Crippen LogP contribution in [-0.2, 0) is 9.59 Å². The summed E-state index contributed by atoms with van der Waals surface area (Å²) < 4.78 is 24.9. The molecule has 9 heteroatoms. The quantitative estimate of drug-likeness (QED) is 0.230. The summed E-state index contributed by atoms with van der Waals surface area (Å²) in [6, 6.07) is 11.1. The van der Waals surface area contributed by atoms with Crippen molar-refractivity contribution in [3.8, 4) is 5.75 Å². The van der Waals surface area contributed by atoms with Crippen LogP contribution < -0.4 is 9.64 Å². The zero-order chi connectivity index (χ0) is 24.7. The van der Waals surface area contributed by atoms with Crippen LogP contribution in [0.15, 0.2) is 64.8 Å². The second-order valence-electron chi connectivity index (χ2n) is 8.24. The number of carbonyl (C=O) groups is 2. The third-order valence-corrected chi connectivity index (χ3v) is 5.83. The molecule has 1 fully saturated rings. The van der Waals surface area contributed by atoms with E-state index in [1.165, 1.54) is 24.5 Å². The van der Waals surface area contributed by atoms with E-state index < -0.39 is 23.5 Å². The van der Waals surface area contributed by atoms with Gasteiger partial charge in [0.15, 0.2) is 0 Å². The van der Waals surface area contributed by atoms with Gasteiger partial charge in [-0.15, -0.1) is 0 Å². The van der Waals surface area contributed by atoms with Crippen molar-refractivity contribution in [2.75, 3.05) is 11.5 Å². The van der Waals surface area contributed by atoms with Crippen LogP contribution in [0, 0.1) is 12.7 Å². The highest BCUT2D eigenvalue weighted by atomic mass is 19.1. The molecule has 1 aliphatic rings. The minimum absolute atomic E-state index is 0.0349. The Hall–Kier alpha value is -4.40. The van der Waals surface area contributed by atoms with Gasteiger partial charge in [-0.25, -0.2) is 9.37 Å². The maximum atomic E-state index is 13.7. The van der Waals surface area contributed by atoms with Gasteiger partial charge in [-0.2, -0.15) is 0 Å². The lowest BCUT2D eigenvalue weighted by molar-refractivity contribution is -0.132. The fourth-order valence-electron chi connectivity index (χ4n) is 4.18. The van der Waals surface area contributed by atoms with E-state index >= 15 is 0 Å². The van der Waals surface area contributed by atoms with Crippen LogP contribution in [0.2, 0.25) is 0 Å². The molecule has 1 atom stereocenters. The van der Waals surface area contributed by atoms with E-state index in [-0.39, 0.29) is 23.0 Å². The number of benzene rings is 2. The highest BCUT2D eigenvalue weighted by molar-refractivity contribution is 6.51. The smallest absolute Gasteiger partial charge is 0.302 e. The normalized spacial score (nSPS) is 17.5. The van der Waals surface area contributed by atoms with Gasteiger partial charge in [0.1, 0.15) is 29.1 Å². The number of imidazole rings is 1. The number of nitrogens with zero attached hydrogens (tertiary/aromatic N) is 2. The predicted octanol–water partition coefficient (Wildman–Crippen LogP) is 5.02. The number of aromatic nitrogens is 2. The average molecular weight is 475 g/mol. The van der Waals surface area contributed by atoms with Crippen LogP contribution in [0.25, 0.3) is 16.8 Å². The summed E-state index contributed by atoms with van der Waals surface area (Å²) in [7, 11) is 0. The zero-order valence-corrected chi connectivity index (χ0v) is 19.0. The van der Waals surface area contributed by atoms with E-state index in [2.05, 4.69) is 9.97 Å². The molecule has 0 saturated carbocycles. The monoisotopic (exact) mass is 475 g/mol. The molecule has 1 aliphatic heterocycles. The highest BCUT2D eigenvalue weighted by Gasteiger charge is 2.49. The highest BCUT2D eigenvalue weighted by Crippen LogP contribution is 2.42. The third-order valence-electron chi connectivity index (χ3n) is 5.83. The van der Waals surface area contributed by atoms with Crippen molar-refractivity contribution in [1.29, 1.82) is 0 Å². The Morgan fingerprint density at radius 3 is 2.77 bits per heavy atom. The molecule has 0 bridgehead atoms. The number of anilines is 1. The van der Waals surface area contributed by atoms with Crippen molar-refractivity contribution in [3.63, 3.8) is 0 Å². The number of fused-ring (bicyclic) bond motifs is 1. The molecule has 1 unspecified atom stereocenters. The lowest BCUT2D eigenvalue weighted by Gasteiger charge is -2.20. The van der Waals surface area contributed by atoms with E-state index in [4.69, 9.17) is 9.15 Å². The second kappa shape index (κ2) is 8.75. The Morgan fingerprint density at radius 1 is 1.23 bits per heavy atom. The zero-order valence-electron chi connectivity index (χ0n) is 19.0. The molecule has 4 aromatic rings. The number of ketones is 1. The van der Waals surface area contributed by atoms with Crippen LogP contribution in [0.5, 0.6) is 5.75 Å². The summed E-state index contributed by atoms with van der Waals surface area (Å²) in [4.78, 5) is 34.8. The van der Waals surface area contributed by atoms with E-state index in [1.54, 1.807) is 30.3 Å². The molecule has 3 heterocycles. The Morgan fingerprint density at radius 2 is 2.06 bits per heavy atom. The Kier molecular flexibility index (Phi) is 5.60. The minimum atomic E-state index is -1.08. The van der Waals surface area contributed by atoms with E-state index in [1.807, 2.05) is 13.8 Å². The number of halogens is 1. The molecule has 2 aromatic carbocycles. The van der Waals surface area contributed by atoms with Gasteiger partial charge in [0.2, 0.25) is 5.95 Å². The Bertz CT molecular complexity index is 1470. The van der Waals surface area contributed by atoms with Crippen molar-refractivity contribution in [2.24, 2.45) is 0 Å². The number of carbonyl (C=O) groups excluding carboxylic acids is 2. The van der Waals surface area contributed by atoms with Gasteiger partial charge in [0, 0.05) is 5.56 Å². The summed E-state index contributed by atoms with van der Waals surface area (Å²) in [5, 5.41) is 11.2. The first kappa shape index (κ1) is 22.4. The molecule has 0 spiro atoms. The minimum Gasteiger partial charge on any atom is -0.507 e. The summed E-state index contributed by atoms with van der Waals surface area (Å²) in [5.41, 5.74) is 1.76. The van der Waals surface area contributed by atoms with E-state index in [0.717, 1.165) is 16.9 Å². The second-order valence-corrected chi connectivity index (χ2v) is 8.24. The van der Waals surface area contributed by atoms with E-state index in [0.29, 0.717) is 29.0 Å². The van der Waals surface area contributed by atoms with E-state index in [9.17, 15) is 19.1 Å². The summed E-state index contributed by atoms with van der Waals surface area (Å²) in [6.45, 7) is 4.39. The molecular weight excluding hydrogens is 453 g/mol. The van der Waals surface area contributed by atoms with Crippen LogP contribution >= 0.6 is 0 Å². The summed E-state index contributed by atoms with van der Waals surface area (Å²) in [5.74, 6) is -1.64. The fourth-order valence-corrected chi connectivity index (χ4v) is 4.18. The molecule has 8 nitrogen and oxygen atoms in total. The first-order valence-electron chi connectivity index (χ1n) is 11.1. The number of aliphatic hydroxyl groups excluding tert-OH is 1. The number of rotatable bonds is 6. The molecule has 5 rings (SSSR count). The number of hydrogen-bond donors (Lipinski definition) is 2. The molecular formula is C26H22FN3O5. The first-order valence-corrected chi connectivity index (χ1v) is 11.1. The maximum absolute atomic E-state index is 13.7. The topological polar surface area (TPSA) is 109 Å². The van der Waals surface area contributed by atoms with Crippen molar-refractivity contribution in [3.05, 3.63) is 83.1 Å². The summed E-state index contributed by atoms with van der Waals surface area (Å²) >= 11 is 0. The van der Waals surface area contributed by atoms with Crippen LogP contribution in [-0.4, -0.2) is 33.4 Å². The Balaban J connectivity index is 1.64. The lowest BCUT2D eigenvalue weighted by Crippen LogP contribution is -2.30. The molecule has 1 amide bonds. The molecule has 0 radical (unpaired) electrons. The molecule has 0 aliphatic carbocycles. The summed E-state index contributed by atoms with van der Waals surface area (Å²) in [6.07, 6.45) is 2.26. The number of ether oxygens (including phenoxy) is 1. The van der Waals surface area contributed by atoms with Crippen LogP contribution in [0.4, 0.5) is 10.3 Å². The number of aliphatic hydroxyl groups is 1. The predicted molar refractivity (Wildman–Crippen MR) is 127 cm³/mol. The lowest BCUT2D eigenvalue weighted by atomic mass is 9.98. The number of nitrogens with one attached hydrogen (secondary N) is 1. The SMILES string of the molecule is CCCOc1ccc(/C(O)=C2\C(=O)C(=O)N(c3nc4ccc(F)cc4[nH]3)C2c2ccco2)cc1C. The van der Waals surface area contributed by atoms with Gasteiger partial charge < -0.3 is 19.2 Å². The molecule has 178 valence electrons. The van der Waals surface area contributed by atoms with Gasteiger partial charge in [-0.05, 0) is 67.4 Å². The van der Waals surface area contributed by atoms with Crippen LogP contribution in [0.3, 0.4) is 0 Å². The number of amides is 1. The number of furan rings is 1. The van der Waals surface area contributed by atoms with Crippen molar-refractivity contribution in [1.82, 2.24) is 9.97 Å². The first-order chi connectivity index (χ1) is 16.9. The molecule has 2 N–H and O–H groups in total. The molecule has 35 heavy (non-hydrogen) atoms. The van der Waals surface area contributed by atoms with Gasteiger partial charge in [-0.3, -0.25) is 14.5 Å². The van der Waals surface area contributed by atoms with Crippen molar-refractivity contribution >= 4 is 34.4 Å². The number of Topliss-reactive ketones (excluding diaryl/α,β-unsaturated/α-hetero) is 1. The van der Waals surface area contributed by atoms with Gasteiger partial charge in [-0.1, -0.05) is 6.92 Å². The number of aromatic amines is 1. The third kappa shape index (κ3) is 3.84. The average Bonchev–Trinajstić information content (AvgIpc) is 3.56. The largest absolute Gasteiger partial charge is 0.507 e. The van der Waals surface area contributed by atoms with Gasteiger partial charge in [0.25, 0.3) is 5.78 Å². The number of aryl methyl sites for hydroxylation is 1. The molecule has 2 aromatic heterocycles. The van der Waals surface area contributed by atoms with Gasteiger partial charge >= 0.3 is 5.91 Å². The standard InChI is InChI=1S/C26H22FN3O5/c1-3-10-34-19-9-6-15(12-14(19)2)23(31)21-22(20-5-4-11-35-20)30(25(33)24(21)32)26-28-17-8-7-16(27)13-18(17)29-26/h4-9,11-13,22,31H,3,10H2,1-2H3,(H,28,29)/b23-21+. The van der Waals surface area contributed by atoms with Crippen LogP contribution in [0.1, 0.15) is 36.3 Å².